The van der Waals surface area contributed by atoms with Crippen LogP contribution in [0.1, 0.15) is 50.0 Å². The summed E-state index contributed by atoms with van der Waals surface area (Å²) in [6.45, 7) is 2.73. The number of hydrogen-bond donors (Lipinski definition) is 2. The fraction of sp³-hybridized carbons (Fsp3) is 0.519. The van der Waals surface area contributed by atoms with Crippen LogP contribution in [-0.4, -0.2) is 65.3 Å². The van der Waals surface area contributed by atoms with Gasteiger partial charge in [-0.2, -0.15) is 0 Å². The van der Waals surface area contributed by atoms with E-state index in [4.69, 9.17) is 0 Å². The summed E-state index contributed by atoms with van der Waals surface area (Å²) in [4.78, 5) is 17.5. The highest BCUT2D eigenvalue weighted by Gasteiger charge is 2.49. The van der Waals surface area contributed by atoms with Crippen molar-refractivity contribution in [1.29, 1.82) is 0 Å². The maximum absolute atomic E-state index is 13.0. The minimum absolute atomic E-state index is 0.101. The van der Waals surface area contributed by atoms with Crippen LogP contribution in [0.15, 0.2) is 54.6 Å². The van der Waals surface area contributed by atoms with Crippen LogP contribution in [0.3, 0.4) is 0 Å². The molecule has 3 atom stereocenters. The number of amides is 2. The molecular formula is C27H35N3O2. The summed E-state index contributed by atoms with van der Waals surface area (Å²) in [5.41, 5.74) is 3.69. The van der Waals surface area contributed by atoms with Crippen LogP contribution >= 0.6 is 0 Å². The third kappa shape index (κ3) is 4.28. The zero-order chi connectivity index (χ0) is 21.9. The molecule has 1 saturated carbocycles. The van der Waals surface area contributed by atoms with Crippen molar-refractivity contribution in [2.75, 3.05) is 26.2 Å². The van der Waals surface area contributed by atoms with Crippen LogP contribution in [0.2, 0.25) is 0 Å². The van der Waals surface area contributed by atoms with Crippen molar-refractivity contribution < 1.29 is 9.90 Å². The fourth-order valence-electron chi connectivity index (χ4n) is 5.99. The molecule has 2 aromatic rings. The molecular weight excluding hydrogens is 398 g/mol. The number of carbonyl (C=O) groups excluding carboxylic acids is 1. The summed E-state index contributed by atoms with van der Waals surface area (Å²) in [5.74, 6) is 0.254. The quantitative estimate of drug-likeness (QED) is 0.759. The number of fused-ring (bicyclic) bond motifs is 1. The van der Waals surface area contributed by atoms with Gasteiger partial charge in [0.2, 0.25) is 0 Å². The fourth-order valence-corrected chi connectivity index (χ4v) is 5.99. The summed E-state index contributed by atoms with van der Waals surface area (Å²) in [7, 11) is 0. The van der Waals surface area contributed by atoms with Crippen molar-refractivity contribution in [1.82, 2.24) is 15.1 Å². The number of benzene rings is 2. The first-order valence-corrected chi connectivity index (χ1v) is 12.3. The number of aliphatic hydroxyl groups is 1. The van der Waals surface area contributed by atoms with E-state index in [0.29, 0.717) is 6.04 Å². The van der Waals surface area contributed by atoms with Crippen molar-refractivity contribution in [3.05, 3.63) is 60.2 Å². The van der Waals surface area contributed by atoms with Gasteiger partial charge in [0.25, 0.3) is 0 Å². The van der Waals surface area contributed by atoms with E-state index in [-0.39, 0.29) is 30.6 Å². The Morgan fingerprint density at radius 3 is 2.31 bits per heavy atom. The lowest BCUT2D eigenvalue weighted by atomic mass is 9.74. The van der Waals surface area contributed by atoms with Gasteiger partial charge in [0.1, 0.15) is 0 Å². The molecule has 0 unspecified atom stereocenters. The SMILES string of the molecule is O=C(NC1CCCC1)N1CCCCN2[C@H](CO)[C@@H](c3ccc(-c4ccccc4)cc3)[C@H]2C1. The van der Waals surface area contributed by atoms with Gasteiger partial charge in [-0.3, -0.25) is 4.90 Å². The van der Waals surface area contributed by atoms with Crippen LogP contribution in [0, 0.1) is 0 Å². The van der Waals surface area contributed by atoms with Crippen LogP contribution in [-0.2, 0) is 0 Å². The predicted molar refractivity (Wildman–Crippen MR) is 128 cm³/mol. The lowest BCUT2D eigenvalue weighted by molar-refractivity contribution is -0.0591. The summed E-state index contributed by atoms with van der Waals surface area (Å²) in [6, 6.07) is 20.1. The van der Waals surface area contributed by atoms with Gasteiger partial charge in [-0.05, 0) is 48.9 Å². The minimum atomic E-state index is 0.101. The number of aliphatic hydroxyl groups excluding tert-OH is 1. The van der Waals surface area contributed by atoms with Gasteiger partial charge in [0.05, 0.1) is 6.61 Å². The van der Waals surface area contributed by atoms with Crippen molar-refractivity contribution >= 4 is 6.03 Å². The molecule has 5 heteroatoms. The first kappa shape index (κ1) is 21.5. The predicted octanol–water partition coefficient (Wildman–Crippen LogP) is 4.23. The van der Waals surface area contributed by atoms with Crippen LogP contribution in [0.4, 0.5) is 4.79 Å². The molecule has 0 aromatic heterocycles. The maximum Gasteiger partial charge on any atom is 0.317 e. The Labute approximate surface area is 191 Å². The molecule has 170 valence electrons. The number of nitrogens with zero attached hydrogens (tertiary/aromatic N) is 2. The monoisotopic (exact) mass is 433 g/mol. The summed E-state index contributed by atoms with van der Waals surface area (Å²) < 4.78 is 0. The van der Waals surface area contributed by atoms with E-state index in [1.54, 1.807) is 0 Å². The van der Waals surface area contributed by atoms with E-state index in [2.05, 4.69) is 58.7 Å². The average Bonchev–Trinajstić information content (AvgIpc) is 3.32. The molecule has 2 amide bonds. The maximum atomic E-state index is 13.0. The Kier molecular flexibility index (Phi) is 6.47. The van der Waals surface area contributed by atoms with Gasteiger partial charge in [-0.15, -0.1) is 0 Å². The zero-order valence-electron chi connectivity index (χ0n) is 18.8. The normalized spacial score (nSPS) is 26.7. The first-order valence-electron chi connectivity index (χ1n) is 12.3. The Hall–Kier alpha value is -2.37. The number of hydrogen-bond acceptors (Lipinski definition) is 3. The molecule has 2 N–H and O–H groups in total. The van der Waals surface area contributed by atoms with E-state index < -0.39 is 0 Å². The third-order valence-electron chi connectivity index (χ3n) is 7.74. The zero-order valence-corrected chi connectivity index (χ0v) is 18.8. The highest BCUT2D eigenvalue weighted by atomic mass is 16.3. The second-order valence-electron chi connectivity index (χ2n) is 9.65. The van der Waals surface area contributed by atoms with E-state index in [0.717, 1.165) is 45.3 Å². The highest BCUT2D eigenvalue weighted by molar-refractivity contribution is 5.74. The molecule has 1 aliphatic carbocycles. The molecule has 0 spiro atoms. The van der Waals surface area contributed by atoms with E-state index in [1.807, 2.05) is 11.0 Å². The molecule has 2 heterocycles. The third-order valence-corrected chi connectivity index (χ3v) is 7.74. The van der Waals surface area contributed by atoms with Crippen molar-refractivity contribution in [3.8, 4) is 11.1 Å². The standard InChI is InChI=1S/C27H35N3O2/c31-19-25-26(22-14-12-21(13-15-22)20-8-2-1-3-9-20)24-18-29(16-6-7-17-30(24)25)27(32)28-23-10-4-5-11-23/h1-3,8-9,12-15,23-26,31H,4-7,10-11,16-19H2,(H,28,32)/t24-,25-,26+/m1/s1. The number of carbonyl (C=O) groups is 1. The van der Waals surface area contributed by atoms with Crippen molar-refractivity contribution in [2.45, 2.75) is 62.6 Å². The average molecular weight is 434 g/mol. The van der Waals surface area contributed by atoms with E-state index in [1.165, 1.54) is 29.5 Å². The summed E-state index contributed by atoms with van der Waals surface area (Å²) in [5, 5.41) is 13.5. The van der Waals surface area contributed by atoms with Gasteiger partial charge in [0, 0.05) is 37.1 Å². The van der Waals surface area contributed by atoms with E-state index in [9.17, 15) is 9.90 Å². The lowest BCUT2D eigenvalue weighted by Gasteiger charge is -2.57. The van der Waals surface area contributed by atoms with Gasteiger partial charge >= 0.3 is 6.03 Å². The summed E-state index contributed by atoms with van der Waals surface area (Å²) >= 11 is 0. The van der Waals surface area contributed by atoms with Gasteiger partial charge < -0.3 is 15.3 Å². The highest BCUT2D eigenvalue weighted by Crippen LogP contribution is 2.42. The number of nitrogens with one attached hydrogen (secondary N) is 1. The number of rotatable bonds is 4. The number of urea groups is 1. The first-order chi connectivity index (χ1) is 15.7. The lowest BCUT2D eigenvalue weighted by Crippen LogP contribution is -2.68. The van der Waals surface area contributed by atoms with Crippen molar-refractivity contribution in [2.24, 2.45) is 0 Å². The topological polar surface area (TPSA) is 55.8 Å². The molecule has 2 saturated heterocycles. The molecule has 0 radical (unpaired) electrons. The van der Waals surface area contributed by atoms with Crippen LogP contribution in [0.5, 0.6) is 0 Å². The largest absolute Gasteiger partial charge is 0.395 e. The van der Waals surface area contributed by atoms with Gasteiger partial charge in [-0.25, -0.2) is 4.79 Å². The molecule has 0 bridgehead atoms. The Morgan fingerprint density at radius 1 is 0.906 bits per heavy atom. The smallest absolute Gasteiger partial charge is 0.317 e. The molecule has 2 aliphatic heterocycles. The molecule has 2 aromatic carbocycles. The van der Waals surface area contributed by atoms with Crippen molar-refractivity contribution in [3.63, 3.8) is 0 Å². The second kappa shape index (κ2) is 9.63. The van der Waals surface area contributed by atoms with Gasteiger partial charge in [-0.1, -0.05) is 67.4 Å². The van der Waals surface area contributed by atoms with Crippen LogP contribution in [0.25, 0.3) is 11.1 Å². The Morgan fingerprint density at radius 2 is 1.59 bits per heavy atom. The van der Waals surface area contributed by atoms with E-state index >= 15 is 0 Å². The second-order valence-corrected chi connectivity index (χ2v) is 9.65. The Balaban J connectivity index is 1.33. The molecule has 3 aliphatic rings. The molecule has 3 fully saturated rings. The molecule has 32 heavy (non-hydrogen) atoms. The minimum Gasteiger partial charge on any atom is -0.395 e. The molecule has 5 rings (SSSR count). The van der Waals surface area contributed by atoms with Gasteiger partial charge in [0.15, 0.2) is 0 Å². The Bertz CT molecular complexity index is 895. The van der Waals surface area contributed by atoms with Crippen LogP contribution < -0.4 is 5.32 Å². The summed E-state index contributed by atoms with van der Waals surface area (Å²) in [6.07, 6.45) is 6.76. The molecule has 5 nitrogen and oxygen atoms in total.